The summed E-state index contributed by atoms with van der Waals surface area (Å²) < 4.78 is 2.46. The van der Waals surface area contributed by atoms with E-state index in [0.717, 1.165) is 6.54 Å². The molecule has 0 spiro atoms. The molecule has 3 rings (SSSR count). The van der Waals surface area contributed by atoms with Crippen LogP contribution in [0.1, 0.15) is 43.3 Å². The van der Waals surface area contributed by atoms with Gasteiger partial charge in [0, 0.05) is 30.4 Å². The molecule has 0 radical (unpaired) electrons. The lowest BCUT2D eigenvalue weighted by atomic mass is 9.95. The Hall–Kier alpha value is -0.870. The molecule has 0 saturated carbocycles. The monoisotopic (exact) mass is 248 g/mol. The van der Waals surface area contributed by atoms with Gasteiger partial charge < -0.3 is 14.8 Å². The summed E-state index contributed by atoms with van der Waals surface area (Å²) in [5, 5.41) is 3.51. The Labute approximate surface area is 109 Å². The summed E-state index contributed by atoms with van der Waals surface area (Å²) in [6.45, 7) is 4.73. The van der Waals surface area contributed by atoms with Crippen LogP contribution >= 0.6 is 0 Å². The van der Waals surface area contributed by atoms with Gasteiger partial charge in [0.25, 0.3) is 0 Å². The van der Waals surface area contributed by atoms with E-state index in [-0.39, 0.29) is 0 Å². The van der Waals surface area contributed by atoms with E-state index in [1.807, 2.05) is 0 Å². The Morgan fingerprint density at radius 3 is 2.83 bits per heavy atom. The number of likely N-dealkylation sites (tertiary alicyclic amines) is 1. The predicted molar refractivity (Wildman–Crippen MR) is 72.8 cm³/mol. The molecule has 0 bridgehead atoms. The van der Waals surface area contributed by atoms with Crippen LogP contribution in [-0.2, 0) is 0 Å². The molecule has 1 unspecified atom stereocenters. The SMILES string of the molecule is CN1CCC(n2cncc2C2CCCNC2)CC1. The van der Waals surface area contributed by atoms with Crippen LogP contribution in [0.2, 0.25) is 0 Å². The van der Waals surface area contributed by atoms with Crippen LogP contribution in [0.25, 0.3) is 0 Å². The molecule has 18 heavy (non-hydrogen) atoms. The third kappa shape index (κ3) is 2.45. The Morgan fingerprint density at radius 1 is 1.28 bits per heavy atom. The van der Waals surface area contributed by atoms with Gasteiger partial charge in [0.2, 0.25) is 0 Å². The van der Waals surface area contributed by atoms with Crippen LogP contribution in [0.5, 0.6) is 0 Å². The lowest BCUT2D eigenvalue weighted by Crippen LogP contribution is -2.33. The van der Waals surface area contributed by atoms with Gasteiger partial charge in [0.05, 0.1) is 6.33 Å². The molecule has 0 amide bonds. The molecule has 1 aromatic rings. The minimum absolute atomic E-state index is 0.667. The van der Waals surface area contributed by atoms with Crippen molar-refractivity contribution in [2.45, 2.75) is 37.6 Å². The van der Waals surface area contributed by atoms with Crippen molar-refractivity contribution in [2.75, 3.05) is 33.2 Å². The molecule has 0 aromatic carbocycles. The average molecular weight is 248 g/mol. The maximum atomic E-state index is 4.41. The first-order valence-electron chi connectivity index (χ1n) is 7.25. The smallest absolute Gasteiger partial charge is 0.0950 e. The van der Waals surface area contributed by atoms with Crippen LogP contribution in [0, 0.1) is 0 Å². The van der Waals surface area contributed by atoms with Gasteiger partial charge in [-0.05, 0) is 52.4 Å². The summed E-state index contributed by atoms with van der Waals surface area (Å²) in [5.41, 5.74) is 1.46. The van der Waals surface area contributed by atoms with Crippen molar-refractivity contribution in [3.8, 4) is 0 Å². The predicted octanol–water partition coefficient (Wildman–Crippen LogP) is 1.62. The van der Waals surface area contributed by atoms with Crippen molar-refractivity contribution >= 4 is 0 Å². The molecule has 1 aromatic heterocycles. The fraction of sp³-hybridized carbons (Fsp3) is 0.786. The van der Waals surface area contributed by atoms with Gasteiger partial charge in [-0.2, -0.15) is 0 Å². The summed E-state index contributed by atoms with van der Waals surface area (Å²) in [4.78, 5) is 6.84. The van der Waals surface area contributed by atoms with Gasteiger partial charge in [0.1, 0.15) is 0 Å². The summed E-state index contributed by atoms with van der Waals surface area (Å²) >= 11 is 0. The van der Waals surface area contributed by atoms with E-state index in [0.29, 0.717) is 12.0 Å². The van der Waals surface area contributed by atoms with Gasteiger partial charge in [-0.1, -0.05) is 0 Å². The molecule has 1 N–H and O–H groups in total. The summed E-state index contributed by atoms with van der Waals surface area (Å²) in [6.07, 6.45) is 9.28. The van der Waals surface area contributed by atoms with E-state index in [4.69, 9.17) is 0 Å². The fourth-order valence-electron chi connectivity index (χ4n) is 3.31. The highest BCUT2D eigenvalue weighted by Gasteiger charge is 2.24. The summed E-state index contributed by atoms with van der Waals surface area (Å²) in [5.74, 6) is 0.668. The van der Waals surface area contributed by atoms with Gasteiger partial charge in [0.15, 0.2) is 0 Å². The zero-order valence-corrected chi connectivity index (χ0v) is 11.3. The molecule has 4 nitrogen and oxygen atoms in total. The van der Waals surface area contributed by atoms with Crippen LogP contribution in [0.15, 0.2) is 12.5 Å². The molecule has 1 atom stereocenters. The van der Waals surface area contributed by atoms with E-state index < -0.39 is 0 Å². The molecule has 2 fully saturated rings. The first-order chi connectivity index (χ1) is 8.84. The average Bonchev–Trinajstić information content (AvgIpc) is 2.90. The Morgan fingerprint density at radius 2 is 2.11 bits per heavy atom. The molecular formula is C14H24N4. The van der Waals surface area contributed by atoms with Crippen molar-refractivity contribution in [1.29, 1.82) is 0 Å². The first-order valence-corrected chi connectivity index (χ1v) is 7.25. The Bertz CT molecular complexity index is 373. The molecule has 0 aliphatic carbocycles. The molecule has 2 aliphatic heterocycles. The number of piperidine rings is 2. The van der Waals surface area contributed by atoms with E-state index in [9.17, 15) is 0 Å². The molecule has 2 saturated heterocycles. The van der Waals surface area contributed by atoms with Crippen molar-refractivity contribution in [3.05, 3.63) is 18.2 Å². The molecule has 4 heteroatoms. The third-order valence-corrected chi connectivity index (χ3v) is 4.49. The minimum Gasteiger partial charge on any atom is -0.331 e. The zero-order valence-electron chi connectivity index (χ0n) is 11.3. The van der Waals surface area contributed by atoms with Crippen LogP contribution < -0.4 is 5.32 Å². The lowest BCUT2D eigenvalue weighted by molar-refractivity contribution is 0.217. The minimum atomic E-state index is 0.667. The number of hydrogen-bond acceptors (Lipinski definition) is 3. The highest BCUT2D eigenvalue weighted by atomic mass is 15.1. The van der Waals surface area contributed by atoms with E-state index >= 15 is 0 Å². The first kappa shape index (κ1) is 12.2. The number of aromatic nitrogens is 2. The van der Waals surface area contributed by atoms with Gasteiger partial charge in [-0.25, -0.2) is 4.98 Å². The fourth-order valence-corrected chi connectivity index (χ4v) is 3.31. The highest BCUT2D eigenvalue weighted by Crippen LogP contribution is 2.29. The normalized spacial score (nSPS) is 27.5. The van der Waals surface area contributed by atoms with Gasteiger partial charge >= 0.3 is 0 Å². The largest absolute Gasteiger partial charge is 0.331 e. The van der Waals surface area contributed by atoms with E-state index in [1.54, 1.807) is 0 Å². The van der Waals surface area contributed by atoms with Crippen LogP contribution in [0.4, 0.5) is 0 Å². The second-order valence-electron chi connectivity index (χ2n) is 5.80. The van der Waals surface area contributed by atoms with Crippen LogP contribution in [-0.4, -0.2) is 47.7 Å². The molecule has 100 valence electrons. The second-order valence-corrected chi connectivity index (χ2v) is 5.80. The molecule has 2 aliphatic rings. The van der Waals surface area contributed by atoms with Gasteiger partial charge in [-0.3, -0.25) is 0 Å². The number of nitrogens with zero attached hydrogens (tertiary/aromatic N) is 3. The second kappa shape index (κ2) is 5.41. The lowest BCUT2D eigenvalue weighted by Gasteiger charge is -2.32. The summed E-state index contributed by atoms with van der Waals surface area (Å²) in [6, 6.07) is 0.667. The van der Waals surface area contributed by atoms with E-state index in [2.05, 4.69) is 39.3 Å². The molecular weight excluding hydrogens is 224 g/mol. The topological polar surface area (TPSA) is 33.1 Å². The van der Waals surface area contributed by atoms with E-state index in [1.165, 1.54) is 51.0 Å². The highest BCUT2D eigenvalue weighted by molar-refractivity contribution is 5.10. The van der Waals surface area contributed by atoms with Crippen molar-refractivity contribution in [3.63, 3.8) is 0 Å². The Balaban J connectivity index is 1.74. The number of hydrogen-bond donors (Lipinski definition) is 1. The molecule has 3 heterocycles. The van der Waals surface area contributed by atoms with Crippen molar-refractivity contribution < 1.29 is 0 Å². The van der Waals surface area contributed by atoms with Crippen molar-refractivity contribution in [1.82, 2.24) is 19.8 Å². The van der Waals surface area contributed by atoms with Crippen LogP contribution in [0.3, 0.4) is 0 Å². The zero-order chi connectivity index (χ0) is 12.4. The third-order valence-electron chi connectivity index (χ3n) is 4.49. The standard InChI is InChI=1S/C14H24N4/c1-17-7-4-13(5-8-17)18-11-16-10-14(18)12-3-2-6-15-9-12/h10-13,15H,2-9H2,1H3. The Kier molecular flexibility index (Phi) is 3.66. The maximum absolute atomic E-state index is 4.41. The number of nitrogens with one attached hydrogen (secondary N) is 1. The quantitative estimate of drug-likeness (QED) is 0.863. The number of imidazole rings is 1. The van der Waals surface area contributed by atoms with Gasteiger partial charge in [-0.15, -0.1) is 0 Å². The number of rotatable bonds is 2. The van der Waals surface area contributed by atoms with Crippen molar-refractivity contribution in [2.24, 2.45) is 0 Å². The maximum Gasteiger partial charge on any atom is 0.0950 e. The summed E-state index contributed by atoms with van der Waals surface area (Å²) in [7, 11) is 2.22.